The molecular weight excluding hydrogens is 424 g/mol. The number of nitrogens with zero attached hydrogens (tertiary/aromatic N) is 1. The fraction of sp³-hybridized carbons (Fsp3) is 0.333. The monoisotopic (exact) mass is 448 g/mol. The zero-order valence-corrected chi connectivity index (χ0v) is 18.1. The van der Waals surface area contributed by atoms with E-state index in [0.29, 0.717) is 12.3 Å². The number of carbonyl (C=O) groups is 2. The summed E-state index contributed by atoms with van der Waals surface area (Å²) in [6.45, 7) is 3.78. The van der Waals surface area contributed by atoms with Crippen LogP contribution in [0.15, 0.2) is 46.9 Å². The lowest BCUT2D eigenvalue weighted by atomic mass is 10.1. The Balaban J connectivity index is 2.13. The fourth-order valence-corrected chi connectivity index (χ4v) is 2.90. The SMILES string of the molecule is CNC(=O)C(C)N(Cc1ccc(OC)cc1)C(=O)COc1ccc(Br)c(C)c1. The third-order valence-corrected chi connectivity index (χ3v) is 5.31. The Morgan fingerprint density at radius 2 is 1.79 bits per heavy atom. The minimum Gasteiger partial charge on any atom is -0.497 e. The molecule has 150 valence electrons. The summed E-state index contributed by atoms with van der Waals surface area (Å²) in [5.74, 6) is 0.829. The van der Waals surface area contributed by atoms with Gasteiger partial charge < -0.3 is 19.7 Å². The van der Waals surface area contributed by atoms with Gasteiger partial charge in [0.25, 0.3) is 5.91 Å². The molecule has 0 bridgehead atoms. The maximum absolute atomic E-state index is 12.8. The van der Waals surface area contributed by atoms with Crippen LogP contribution in [0, 0.1) is 6.92 Å². The van der Waals surface area contributed by atoms with Crippen LogP contribution < -0.4 is 14.8 Å². The number of methoxy groups -OCH3 is 1. The summed E-state index contributed by atoms with van der Waals surface area (Å²) in [5, 5.41) is 2.59. The Labute approximate surface area is 174 Å². The summed E-state index contributed by atoms with van der Waals surface area (Å²) in [6.07, 6.45) is 0. The van der Waals surface area contributed by atoms with Crippen molar-refractivity contribution in [1.29, 1.82) is 0 Å². The summed E-state index contributed by atoms with van der Waals surface area (Å²) >= 11 is 3.44. The van der Waals surface area contributed by atoms with Gasteiger partial charge in [-0.15, -0.1) is 0 Å². The van der Waals surface area contributed by atoms with Gasteiger partial charge in [0.1, 0.15) is 17.5 Å². The number of ether oxygens (including phenoxy) is 2. The minimum atomic E-state index is -0.630. The number of aryl methyl sites for hydroxylation is 1. The first-order valence-electron chi connectivity index (χ1n) is 8.88. The van der Waals surface area contributed by atoms with Crippen molar-refractivity contribution in [3.8, 4) is 11.5 Å². The summed E-state index contributed by atoms with van der Waals surface area (Å²) in [6, 6.07) is 12.3. The second kappa shape index (κ2) is 10.1. The molecule has 2 amide bonds. The third-order valence-electron chi connectivity index (χ3n) is 4.42. The van der Waals surface area contributed by atoms with E-state index in [1.165, 1.54) is 4.90 Å². The number of benzene rings is 2. The molecule has 2 aromatic rings. The van der Waals surface area contributed by atoms with Crippen LogP contribution in [0.2, 0.25) is 0 Å². The van der Waals surface area contributed by atoms with Crippen molar-refractivity contribution in [2.24, 2.45) is 0 Å². The van der Waals surface area contributed by atoms with Crippen molar-refractivity contribution >= 4 is 27.7 Å². The molecule has 28 heavy (non-hydrogen) atoms. The average Bonchev–Trinajstić information content (AvgIpc) is 2.71. The highest BCUT2D eigenvalue weighted by atomic mass is 79.9. The molecule has 0 aliphatic heterocycles. The molecule has 0 aliphatic carbocycles. The molecule has 0 saturated carbocycles. The first-order valence-corrected chi connectivity index (χ1v) is 9.68. The maximum atomic E-state index is 12.8. The molecule has 2 rings (SSSR count). The largest absolute Gasteiger partial charge is 0.497 e. The van der Waals surface area contributed by atoms with Crippen molar-refractivity contribution in [3.05, 3.63) is 58.1 Å². The van der Waals surface area contributed by atoms with Crippen LogP contribution in [0.3, 0.4) is 0 Å². The van der Waals surface area contributed by atoms with Crippen molar-refractivity contribution in [1.82, 2.24) is 10.2 Å². The molecule has 1 unspecified atom stereocenters. The normalized spacial score (nSPS) is 11.5. The highest BCUT2D eigenvalue weighted by Crippen LogP contribution is 2.22. The van der Waals surface area contributed by atoms with Crippen LogP contribution in [-0.4, -0.2) is 43.5 Å². The predicted octanol–water partition coefficient (Wildman–Crippen LogP) is 3.31. The molecule has 1 atom stereocenters. The number of amides is 2. The molecule has 0 aliphatic rings. The van der Waals surface area contributed by atoms with Crippen LogP contribution in [0.1, 0.15) is 18.1 Å². The lowest BCUT2D eigenvalue weighted by Gasteiger charge is -2.28. The molecule has 0 heterocycles. The summed E-state index contributed by atoms with van der Waals surface area (Å²) in [4.78, 5) is 26.5. The molecule has 7 heteroatoms. The number of likely N-dealkylation sites (N-methyl/N-ethyl adjacent to an activating group) is 1. The maximum Gasteiger partial charge on any atom is 0.261 e. The highest BCUT2D eigenvalue weighted by molar-refractivity contribution is 9.10. The number of carbonyl (C=O) groups excluding carboxylic acids is 2. The first kappa shape index (κ1) is 21.8. The van der Waals surface area contributed by atoms with Gasteiger partial charge in [0, 0.05) is 18.1 Å². The van der Waals surface area contributed by atoms with Crippen molar-refractivity contribution in [2.75, 3.05) is 20.8 Å². The molecule has 6 nitrogen and oxygen atoms in total. The number of nitrogens with one attached hydrogen (secondary N) is 1. The quantitative estimate of drug-likeness (QED) is 0.672. The minimum absolute atomic E-state index is 0.154. The summed E-state index contributed by atoms with van der Waals surface area (Å²) in [5.41, 5.74) is 1.91. The van der Waals surface area contributed by atoms with Gasteiger partial charge in [0.2, 0.25) is 5.91 Å². The van der Waals surface area contributed by atoms with Crippen molar-refractivity contribution in [3.63, 3.8) is 0 Å². The van der Waals surface area contributed by atoms with E-state index in [2.05, 4.69) is 21.2 Å². The van der Waals surface area contributed by atoms with Gasteiger partial charge in [0.05, 0.1) is 7.11 Å². The Hall–Kier alpha value is -2.54. The lowest BCUT2D eigenvalue weighted by molar-refractivity contribution is -0.142. The molecule has 2 aromatic carbocycles. The second-order valence-electron chi connectivity index (χ2n) is 6.36. The summed E-state index contributed by atoms with van der Waals surface area (Å²) in [7, 11) is 3.15. The second-order valence-corrected chi connectivity index (χ2v) is 7.21. The molecule has 0 saturated heterocycles. The molecule has 0 spiro atoms. The number of halogens is 1. The van der Waals surface area contributed by atoms with E-state index in [4.69, 9.17) is 9.47 Å². The average molecular weight is 449 g/mol. The van der Waals surface area contributed by atoms with Crippen LogP contribution in [0.5, 0.6) is 11.5 Å². The van der Waals surface area contributed by atoms with Crippen LogP contribution in [0.4, 0.5) is 0 Å². The van der Waals surface area contributed by atoms with Gasteiger partial charge in [0.15, 0.2) is 6.61 Å². The first-order chi connectivity index (χ1) is 13.3. The topological polar surface area (TPSA) is 67.9 Å². The Bertz CT molecular complexity index is 824. The smallest absolute Gasteiger partial charge is 0.261 e. The van der Waals surface area contributed by atoms with E-state index in [-0.39, 0.29) is 18.4 Å². The van der Waals surface area contributed by atoms with Gasteiger partial charge in [-0.05, 0) is 55.3 Å². The van der Waals surface area contributed by atoms with E-state index in [9.17, 15) is 9.59 Å². The Morgan fingerprint density at radius 3 is 2.36 bits per heavy atom. The van der Waals surface area contributed by atoms with Crippen LogP contribution in [0.25, 0.3) is 0 Å². The molecule has 0 radical (unpaired) electrons. The number of hydrogen-bond acceptors (Lipinski definition) is 4. The zero-order chi connectivity index (χ0) is 20.7. The third kappa shape index (κ3) is 5.73. The standard InChI is InChI=1S/C21H25BrN2O4/c1-14-11-18(9-10-19(14)22)28-13-20(25)24(15(2)21(26)23-3)12-16-5-7-17(27-4)8-6-16/h5-11,15H,12-13H2,1-4H3,(H,23,26). The van der Waals surface area contributed by atoms with Gasteiger partial charge in [-0.1, -0.05) is 28.1 Å². The predicted molar refractivity (Wildman–Crippen MR) is 111 cm³/mol. The van der Waals surface area contributed by atoms with Gasteiger partial charge in [-0.25, -0.2) is 0 Å². The molecular formula is C21H25BrN2O4. The van der Waals surface area contributed by atoms with Gasteiger partial charge >= 0.3 is 0 Å². The van der Waals surface area contributed by atoms with Crippen LogP contribution in [-0.2, 0) is 16.1 Å². The molecule has 0 aromatic heterocycles. The lowest BCUT2D eigenvalue weighted by Crippen LogP contribution is -2.48. The zero-order valence-electron chi connectivity index (χ0n) is 16.5. The van der Waals surface area contributed by atoms with Gasteiger partial charge in [-0.2, -0.15) is 0 Å². The summed E-state index contributed by atoms with van der Waals surface area (Å²) < 4.78 is 11.8. The van der Waals surface area contributed by atoms with Gasteiger partial charge in [-0.3, -0.25) is 9.59 Å². The molecule has 1 N–H and O–H groups in total. The van der Waals surface area contributed by atoms with Crippen LogP contribution >= 0.6 is 15.9 Å². The highest BCUT2D eigenvalue weighted by Gasteiger charge is 2.25. The Kier molecular flexibility index (Phi) is 7.87. The van der Waals surface area contributed by atoms with E-state index in [1.807, 2.05) is 43.3 Å². The molecule has 0 fully saturated rings. The van der Waals surface area contributed by atoms with E-state index in [0.717, 1.165) is 21.3 Å². The van der Waals surface area contributed by atoms with E-state index in [1.54, 1.807) is 27.1 Å². The number of rotatable bonds is 8. The Morgan fingerprint density at radius 1 is 1.14 bits per heavy atom. The van der Waals surface area contributed by atoms with E-state index < -0.39 is 6.04 Å². The van der Waals surface area contributed by atoms with E-state index >= 15 is 0 Å². The number of hydrogen-bond donors (Lipinski definition) is 1. The fourth-order valence-electron chi connectivity index (χ4n) is 2.65. The van der Waals surface area contributed by atoms with Crippen molar-refractivity contribution < 1.29 is 19.1 Å². The van der Waals surface area contributed by atoms with Crippen molar-refractivity contribution in [2.45, 2.75) is 26.4 Å².